The van der Waals surface area contributed by atoms with Crippen LogP contribution in [0.3, 0.4) is 0 Å². The fraction of sp³-hybridized carbons (Fsp3) is 0.250. The van der Waals surface area contributed by atoms with Crippen molar-refractivity contribution in [3.63, 3.8) is 0 Å². The lowest BCUT2D eigenvalue weighted by molar-refractivity contribution is 0.419. The largest absolute Gasteiger partial charge is 0.496 e. The number of hydrogen-bond donors (Lipinski definition) is 0. The molecule has 0 bridgehead atoms. The van der Waals surface area contributed by atoms with Crippen LogP contribution >= 0.6 is 27.5 Å². The van der Waals surface area contributed by atoms with Gasteiger partial charge in [0.1, 0.15) is 10.9 Å². The van der Waals surface area contributed by atoms with E-state index < -0.39 is 0 Å². The molecular formula is C12H11BrClNO. The Bertz CT molecular complexity index is 542. The first-order chi connectivity index (χ1) is 7.65. The first kappa shape index (κ1) is 11.7. The fourth-order valence-electron chi connectivity index (χ4n) is 1.64. The lowest BCUT2D eigenvalue weighted by Crippen LogP contribution is -1.92. The monoisotopic (exact) mass is 299 g/mol. The molecule has 16 heavy (non-hydrogen) atoms. The third kappa shape index (κ3) is 2.02. The maximum atomic E-state index is 6.08. The SMILES string of the molecule is CCc1cc2c(OC)cc(Br)cc2nc1Cl. The van der Waals surface area contributed by atoms with E-state index in [1.165, 1.54) is 0 Å². The zero-order valence-corrected chi connectivity index (χ0v) is 11.4. The summed E-state index contributed by atoms with van der Waals surface area (Å²) in [5, 5.41) is 1.56. The van der Waals surface area contributed by atoms with Gasteiger partial charge < -0.3 is 4.74 Å². The number of aryl methyl sites for hydroxylation is 1. The maximum absolute atomic E-state index is 6.08. The lowest BCUT2D eigenvalue weighted by atomic mass is 10.1. The summed E-state index contributed by atoms with van der Waals surface area (Å²) in [6.07, 6.45) is 0.862. The molecule has 0 spiro atoms. The van der Waals surface area contributed by atoms with E-state index in [9.17, 15) is 0 Å². The molecule has 4 heteroatoms. The second-order valence-electron chi connectivity index (χ2n) is 3.47. The second-order valence-corrected chi connectivity index (χ2v) is 4.74. The maximum Gasteiger partial charge on any atom is 0.132 e. The number of fused-ring (bicyclic) bond motifs is 1. The van der Waals surface area contributed by atoms with Crippen LogP contribution in [-0.2, 0) is 6.42 Å². The van der Waals surface area contributed by atoms with Crippen LogP contribution in [-0.4, -0.2) is 12.1 Å². The van der Waals surface area contributed by atoms with Crippen LogP contribution in [0.4, 0.5) is 0 Å². The van der Waals surface area contributed by atoms with Crippen molar-refractivity contribution in [3.05, 3.63) is 33.4 Å². The highest BCUT2D eigenvalue weighted by Gasteiger charge is 2.08. The average molecular weight is 301 g/mol. The van der Waals surface area contributed by atoms with Crippen molar-refractivity contribution in [2.24, 2.45) is 0 Å². The summed E-state index contributed by atoms with van der Waals surface area (Å²) in [5.41, 5.74) is 1.88. The highest BCUT2D eigenvalue weighted by Crippen LogP contribution is 2.31. The minimum absolute atomic E-state index is 0.565. The van der Waals surface area contributed by atoms with Crippen LogP contribution in [0.15, 0.2) is 22.7 Å². The quantitative estimate of drug-likeness (QED) is 0.775. The molecule has 0 aliphatic carbocycles. The first-order valence-corrected chi connectivity index (χ1v) is 6.15. The summed E-state index contributed by atoms with van der Waals surface area (Å²) in [4.78, 5) is 4.37. The van der Waals surface area contributed by atoms with Crippen molar-refractivity contribution in [1.82, 2.24) is 4.98 Å². The van der Waals surface area contributed by atoms with E-state index in [4.69, 9.17) is 16.3 Å². The van der Waals surface area contributed by atoms with E-state index >= 15 is 0 Å². The number of methoxy groups -OCH3 is 1. The molecule has 0 unspecified atom stereocenters. The van der Waals surface area contributed by atoms with Gasteiger partial charge in [0.2, 0.25) is 0 Å². The summed E-state index contributed by atoms with van der Waals surface area (Å²) in [6, 6.07) is 5.90. The number of pyridine rings is 1. The van der Waals surface area contributed by atoms with Crippen LogP contribution in [0, 0.1) is 0 Å². The van der Waals surface area contributed by atoms with Gasteiger partial charge in [0.05, 0.1) is 12.6 Å². The third-order valence-electron chi connectivity index (χ3n) is 2.49. The van der Waals surface area contributed by atoms with E-state index in [1.54, 1.807) is 7.11 Å². The first-order valence-electron chi connectivity index (χ1n) is 4.98. The molecule has 84 valence electrons. The van der Waals surface area contributed by atoms with Crippen LogP contribution in [0.1, 0.15) is 12.5 Å². The standard InChI is InChI=1S/C12H11BrClNO/c1-3-7-4-9-10(15-12(7)14)5-8(13)6-11(9)16-2/h4-6H,3H2,1-2H3. The van der Waals surface area contributed by atoms with Gasteiger partial charge in [-0.25, -0.2) is 4.98 Å². The van der Waals surface area contributed by atoms with Gasteiger partial charge in [-0.05, 0) is 30.2 Å². The van der Waals surface area contributed by atoms with Gasteiger partial charge in [-0.3, -0.25) is 0 Å². The lowest BCUT2D eigenvalue weighted by Gasteiger charge is -2.08. The normalized spacial score (nSPS) is 10.8. The van der Waals surface area contributed by atoms with Gasteiger partial charge in [-0.1, -0.05) is 34.5 Å². The predicted molar refractivity (Wildman–Crippen MR) is 70.4 cm³/mol. The van der Waals surface area contributed by atoms with E-state index in [0.717, 1.165) is 33.1 Å². The van der Waals surface area contributed by atoms with Gasteiger partial charge in [-0.2, -0.15) is 0 Å². The van der Waals surface area contributed by atoms with Crippen molar-refractivity contribution in [2.75, 3.05) is 7.11 Å². The number of halogens is 2. The van der Waals surface area contributed by atoms with Crippen molar-refractivity contribution >= 4 is 38.4 Å². The Balaban J connectivity index is 2.79. The zero-order chi connectivity index (χ0) is 11.7. The summed E-state index contributed by atoms with van der Waals surface area (Å²) < 4.78 is 6.27. The molecule has 0 saturated heterocycles. The Kier molecular flexibility index (Phi) is 3.36. The molecule has 0 radical (unpaired) electrons. The summed E-state index contributed by atoms with van der Waals surface area (Å²) in [7, 11) is 1.65. The Morgan fingerprint density at radius 3 is 2.75 bits per heavy atom. The number of benzene rings is 1. The molecule has 0 saturated carbocycles. The molecule has 0 N–H and O–H groups in total. The summed E-state index contributed by atoms with van der Waals surface area (Å²) in [6.45, 7) is 2.06. The highest BCUT2D eigenvalue weighted by molar-refractivity contribution is 9.10. The minimum atomic E-state index is 0.565. The van der Waals surface area contributed by atoms with Crippen LogP contribution in [0.25, 0.3) is 10.9 Å². The van der Waals surface area contributed by atoms with E-state index in [0.29, 0.717) is 5.15 Å². The molecule has 0 aliphatic rings. The van der Waals surface area contributed by atoms with E-state index in [1.807, 2.05) is 18.2 Å². The highest BCUT2D eigenvalue weighted by atomic mass is 79.9. The number of aromatic nitrogens is 1. The van der Waals surface area contributed by atoms with Crippen LogP contribution in [0.2, 0.25) is 5.15 Å². The fourth-order valence-corrected chi connectivity index (χ4v) is 2.35. The molecule has 2 rings (SSSR count). The molecule has 2 aromatic rings. The Morgan fingerprint density at radius 2 is 2.12 bits per heavy atom. The number of rotatable bonds is 2. The van der Waals surface area contributed by atoms with Gasteiger partial charge in [0, 0.05) is 9.86 Å². The molecule has 2 nitrogen and oxygen atoms in total. The number of hydrogen-bond acceptors (Lipinski definition) is 2. The molecule has 0 atom stereocenters. The molecule has 1 aromatic heterocycles. The smallest absolute Gasteiger partial charge is 0.132 e. The molecule has 1 heterocycles. The Labute approximate surface area is 108 Å². The summed E-state index contributed by atoms with van der Waals surface area (Å²) in [5.74, 6) is 0.809. The van der Waals surface area contributed by atoms with Gasteiger partial charge >= 0.3 is 0 Å². The number of ether oxygens (including phenoxy) is 1. The van der Waals surface area contributed by atoms with E-state index in [2.05, 4.69) is 27.8 Å². The Morgan fingerprint density at radius 1 is 1.38 bits per heavy atom. The molecule has 0 fully saturated rings. The van der Waals surface area contributed by atoms with Gasteiger partial charge in [-0.15, -0.1) is 0 Å². The van der Waals surface area contributed by atoms with Crippen LogP contribution in [0.5, 0.6) is 5.75 Å². The molecular weight excluding hydrogens is 289 g/mol. The summed E-state index contributed by atoms with van der Waals surface area (Å²) >= 11 is 9.51. The van der Waals surface area contributed by atoms with E-state index in [-0.39, 0.29) is 0 Å². The topological polar surface area (TPSA) is 22.1 Å². The van der Waals surface area contributed by atoms with Crippen molar-refractivity contribution in [3.8, 4) is 5.75 Å². The molecule has 0 aliphatic heterocycles. The van der Waals surface area contributed by atoms with Crippen molar-refractivity contribution < 1.29 is 4.74 Å². The Hall–Kier alpha value is -0.800. The zero-order valence-electron chi connectivity index (χ0n) is 9.05. The minimum Gasteiger partial charge on any atom is -0.496 e. The third-order valence-corrected chi connectivity index (χ3v) is 3.27. The van der Waals surface area contributed by atoms with Crippen molar-refractivity contribution in [1.29, 1.82) is 0 Å². The second kappa shape index (κ2) is 4.60. The number of nitrogens with zero attached hydrogens (tertiary/aromatic N) is 1. The van der Waals surface area contributed by atoms with Gasteiger partial charge in [0.15, 0.2) is 0 Å². The molecule has 0 amide bonds. The van der Waals surface area contributed by atoms with Crippen molar-refractivity contribution in [2.45, 2.75) is 13.3 Å². The van der Waals surface area contributed by atoms with Gasteiger partial charge in [0.25, 0.3) is 0 Å². The average Bonchev–Trinajstić information content (AvgIpc) is 2.26. The predicted octanol–water partition coefficient (Wildman–Crippen LogP) is 4.22. The van der Waals surface area contributed by atoms with Crippen LogP contribution < -0.4 is 4.74 Å². The molecule has 1 aromatic carbocycles.